The Morgan fingerprint density at radius 2 is 1.13 bits per heavy atom. The number of hydrogen-bond acceptors (Lipinski definition) is 7. The topological polar surface area (TPSA) is 109 Å². The Morgan fingerprint density at radius 1 is 0.681 bits per heavy atom. The van der Waals surface area contributed by atoms with Crippen LogP contribution in [0.5, 0.6) is 11.5 Å². The highest BCUT2D eigenvalue weighted by atomic mass is 16.5. The molecular formula is C36H35N5O6+2. The zero-order valence-corrected chi connectivity index (χ0v) is 26.6. The smallest absolute Gasteiger partial charge is 0.336 e. The Labute approximate surface area is 270 Å². The van der Waals surface area contributed by atoms with Crippen LogP contribution in [0.2, 0.25) is 0 Å². The minimum Gasteiger partial charge on any atom is -0.497 e. The number of fused-ring (bicyclic) bond motifs is 2. The number of imidazole rings is 2. The predicted octanol–water partition coefficient (Wildman–Crippen LogP) is 4.98. The van der Waals surface area contributed by atoms with Gasteiger partial charge in [-0.3, -0.25) is 0 Å². The van der Waals surface area contributed by atoms with Gasteiger partial charge in [0.2, 0.25) is 11.6 Å². The summed E-state index contributed by atoms with van der Waals surface area (Å²) in [5.74, 6) is 2.70. The Balaban J connectivity index is 0.00000124. The summed E-state index contributed by atoms with van der Waals surface area (Å²) in [5, 5.41) is 1.69. The molecule has 0 N–H and O–H groups in total. The molecule has 11 nitrogen and oxygen atoms in total. The van der Waals surface area contributed by atoms with Gasteiger partial charge in [-0.05, 0) is 24.3 Å². The van der Waals surface area contributed by atoms with Crippen LogP contribution in [0.15, 0.2) is 123 Å². The molecule has 0 aliphatic heterocycles. The number of benzene rings is 2. The van der Waals surface area contributed by atoms with Gasteiger partial charge in [0.15, 0.2) is 0 Å². The van der Waals surface area contributed by atoms with Crippen LogP contribution in [0.4, 0.5) is 0 Å². The highest BCUT2D eigenvalue weighted by molar-refractivity contribution is 5.82. The molecule has 0 unspecified atom stereocenters. The molecule has 11 heteroatoms. The molecule has 2 aromatic carbocycles. The van der Waals surface area contributed by atoms with Crippen LogP contribution in [0.1, 0.15) is 31.4 Å². The Hall–Kier alpha value is -5.97. The first-order valence-corrected chi connectivity index (χ1v) is 15.2. The molecule has 0 fully saturated rings. The average Bonchev–Trinajstić information content (AvgIpc) is 3.74. The van der Waals surface area contributed by atoms with Gasteiger partial charge < -0.3 is 18.3 Å². The van der Waals surface area contributed by atoms with Gasteiger partial charge in [-0.1, -0.05) is 26.3 Å². The van der Waals surface area contributed by atoms with Crippen LogP contribution in [0.3, 0.4) is 0 Å². The number of ether oxygens (including phenoxy) is 2. The van der Waals surface area contributed by atoms with E-state index in [1.165, 1.54) is 18.6 Å². The van der Waals surface area contributed by atoms with Gasteiger partial charge in [0.05, 0.1) is 14.2 Å². The molecule has 5 aromatic heterocycles. The SMILES string of the molecule is CCC.COc1ccc2c(C[n+]3ccn(-c4cccc(-n5cc[n+](Cc6cc(=O)oc7cc(OC)ccc67)c5)n4)c3)cc(=O)oc2c1. The minimum atomic E-state index is -0.414. The molecule has 7 aromatic rings. The lowest BCUT2D eigenvalue weighted by Crippen LogP contribution is -2.32. The van der Waals surface area contributed by atoms with E-state index >= 15 is 0 Å². The molecule has 0 saturated heterocycles. The van der Waals surface area contributed by atoms with Crippen molar-refractivity contribution in [1.29, 1.82) is 0 Å². The minimum absolute atomic E-state index is 0.414. The van der Waals surface area contributed by atoms with Crippen molar-refractivity contribution in [1.82, 2.24) is 14.1 Å². The van der Waals surface area contributed by atoms with Crippen molar-refractivity contribution in [2.75, 3.05) is 14.2 Å². The van der Waals surface area contributed by atoms with Crippen molar-refractivity contribution in [3.05, 3.63) is 136 Å². The molecule has 0 spiro atoms. The summed E-state index contributed by atoms with van der Waals surface area (Å²) in [5.41, 5.74) is 1.81. The summed E-state index contributed by atoms with van der Waals surface area (Å²) in [6.45, 7) is 5.19. The second-order valence-corrected chi connectivity index (χ2v) is 11.0. The van der Waals surface area contributed by atoms with E-state index in [1.807, 2.05) is 98.2 Å². The van der Waals surface area contributed by atoms with E-state index < -0.39 is 11.3 Å². The van der Waals surface area contributed by atoms with Gasteiger partial charge in [-0.2, -0.15) is 14.1 Å². The molecule has 7 rings (SSSR count). The van der Waals surface area contributed by atoms with Crippen LogP contribution in [0, 0.1) is 0 Å². The summed E-state index contributed by atoms with van der Waals surface area (Å²) in [6.07, 6.45) is 12.8. The first-order valence-electron chi connectivity index (χ1n) is 15.2. The van der Waals surface area contributed by atoms with Crippen molar-refractivity contribution in [2.45, 2.75) is 33.4 Å². The lowest BCUT2D eigenvalue weighted by atomic mass is 10.1. The Morgan fingerprint density at radius 3 is 1.55 bits per heavy atom. The first-order chi connectivity index (χ1) is 22.9. The monoisotopic (exact) mass is 633 g/mol. The maximum atomic E-state index is 12.2. The fourth-order valence-electron chi connectivity index (χ4n) is 5.28. The van der Waals surface area contributed by atoms with Crippen LogP contribution in [0.25, 0.3) is 33.6 Å². The maximum absolute atomic E-state index is 12.2. The lowest BCUT2D eigenvalue weighted by Gasteiger charge is -2.05. The largest absolute Gasteiger partial charge is 0.497 e. The fourth-order valence-corrected chi connectivity index (χ4v) is 5.28. The number of rotatable bonds is 8. The zero-order valence-electron chi connectivity index (χ0n) is 26.6. The predicted molar refractivity (Wildman–Crippen MR) is 176 cm³/mol. The van der Waals surface area contributed by atoms with Gasteiger partial charge in [-0.25, -0.2) is 18.7 Å². The Bertz CT molecular complexity index is 2140. The Kier molecular flexibility index (Phi) is 8.96. The van der Waals surface area contributed by atoms with Crippen molar-refractivity contribution < 1.29 is 27.4 Å². The number of pyridine rings is 1. The summed E-state index contributed by atoms with van der Waals surface area (Å²) in [7, 11) is 3.15. The average molecular weight is 634 g/mol. The fraction of sp³-hybridized carbons (Fsp3) is 0.194. The maximum Gasteiger partial charge on any atom is 0.336 e. The van der Waals surface area contributed by atoms with Crippen LogP contribution < -0.4 is 29.9 Å². The number of aromatic nitrogens is 5. The van der Waals surface area contributed by atoms with E-state index in [0.717, 1.165) is 33.5 Å². The first kappa shape index (κ1) is 31.0. The quantitative estimate of drug-likeness (QED) is 0.172. The van der Waals surface area contributed by atoms with E-state index in [0.29, 0.717) is 35.8 Å². The summed E-state index contributed by atoms with van der Waals surface area (Å²) in [6, 6.07) is 19.7. The number of methoxy groups -OCH3 is 2. The van der Waals surface area contributed by atoms with Gasteiger partial charge in [0.1, 0.15) is 60.5 Å². The van der Waals surface area contributed by atoms with E-state index in [2.05, 4.69) is 13.8 Å². The molecule has 0 atom stereocenters. The van der Waals surface area contributed by atoms with Gasteiger partial charge >= 0.3 is 11.3 Å². The number of nitrogens with zero attached hydrogens (tertiary/aromatic N) is 5. The molecule has 238 valence electrons. The van der Waals surface area contributed by atoms with Gasteiger partial charge in [0, 0.05) is 58.3 Å². The molecule has 0 aliphatic carbocycles. The molecule has 0 bridgehead atoms. The lowest BCUT2D eigenvalue weighted by molar-refractivity contribution is -0.687. The summed E-state index contributed by atoms with van der Waals surface area (Å²) in [4.78, 5) is 29.3. The molecule has 0 saturated carbocycles. The van der Waals surface area contributed by atoms with Crippen molar-refractivity contribution in [3.8, 4) is 23.1 Å². The second-order valence-electron chi connectivity index (χ2n) is 11.0. The molecule has 5 heterocycles. The molecule has 0 amide bonds. The standard InChI is InChI=1S/C33H27N5O6.C3H8/c1-41-24-6-8-26-22(14-32(39)43-28(26)16-24)18-35-10-12-37(20-35)30-4-3-5-31(34-30)38-13-11-36(21-38)19-23-15-33(40)44-29-17-25(42-2)7-9-27(23)29;1-3-2/h3-17,20-21H,18-19H2,1-2H3;3H2,1-2H3/q+2;. The van der Waals surface area contributed by atoms with Crippen molar-refractivity contribution in [2.24, 2.45) is 0 Å². The highest BCUT2D eigenvalue weighted by Crippen LogP contribution is 2.23. The van der Waals surface area contributed by atoms with Crippen LogP contribution in [-0.4, -0.2) is 28.3 Å². The summed E-state index contributed by atoms with van der Waals surface area (Å²) >= 11 is 0. The van der Waals surface area contributed by atoms with E-state index in [-0.39, 0.29) is 0 Å². The number of hydrogen-bond donors (Lipinski definition) is 0. The van der Waals surface area contributed by atoms with Gasteiger partial charge in [0.25, 0.3) is 12.7 Å². The van der Waals surface area contributed by atoms with E-state index in [9.17, 15) is 9.59 Å². The van der Waals surface area contributed by atoms with Crippen LogP contribution in [-0.2, 0) is 13.1 Å². The van der Waals surface area contributed by atoms with Crippen molar-refractivity contribution >= 4 is 21.9 Å². The third-order valence-corrected chi connectivity index (χ3v) is 7.41. The molecule has 47 heavy (non-hydrogen) atoms. The second kappa shape index (κ2) is 13.6. The third kappa shape index (κ3) is 6.84. The molecule has 0 radical (unpaired) electrons. The molecule has 0 aliphatic rings. The summed E-state index contributed by atoms with van der Waals surface area (Å²) < 4.78 is 29.1. The van der Waals surface area contributed by atoms with E-state index in [4.69, 9.17) is 23.3 Å². The normalized spacial score (nSPS) is 11.0. The van der Waals surface area contributed by atoms with Crippen molar-refractivity contribution in [3.63, 3.8) is 0 Å². The zero-order chi connectivity index (χ0) is 32.9. The highest BCUT2D eigenvalue weighted by Gasteiger charge is 2.16. The third-order valence-electron chi connectivity index (χ3n) is 7.41. The van der Waals surface area contributed by atoms with E-state index in [1.54, 1.807) is 26.4 Å². The van der Waals surface area contributed by atoms with Gasteiger partial charge in [-0.15, -0.1) is 0 Å². The van der Waals surface area contributed by atoms with Crippen LogP contribution >= 0.6 is 0 Å². The molecular weight excluding hydrogens is 598 g/mol.